The van der Waals surface area contributed by atoms with E-state index in [-0.39, 0.29) is 0 Å². The summed E-state index contributed by atoms with van der Waals surface area (Å²) in [5.74, 6) is 2.12. The van der Waals surface area contributed by atoms with Gasteiger partial charge in [-0.1, -0.05) is 48.5 Å². The third-order valence-electron chi connectivity index (χ3n) is 4.80. The van der Waals surface area contributed by atoms with E-state index in [1.54, 1.807) is 0 Å². The average molecular weight is 344 g/mol. The maximum Gasteiger partial charge on any atom is 0.130 e. The third-order valence-corrected chi connectivity index (χ3v) is 4.80. The summed E-state index contributed by atoms with van der Waals surface area (Å²) in [6.45, 7) is 1.99. The first-order chi connectivity index (χ1) is 12.7. The van der Waals surface area contributed by atoms with Crippen LogP contribution in [0.1, 0.15) is 18.4 Å². The van der Waals surface area contributed by atoms with Gasteiger partial charge in [-0.3, -0.25) is 0 Å². The maximum atomic E-state index is 5.08. The Balaban J connectivity index is 1.72. The minimum Gasteiger partial charge on any atom is -0.363 e. The van der Waals surface area contributed by atoms with Crippen LogP contribution in [0.5, 0.6) is 0 Å². The molecule has 1 aliphatic rings. The largest absolute Gasteiger partial charge is 0.363 e. The number of aromatic nitrogens is 1. The van der Waals surface area contributed by atoms with E-state index in [1.807, 2.05) is 25.1 Å². The van der Waals surface area contributed by atoms with Crippen LogP contribution in [0.15, 0.2) is 65.7 Å². The normalized spacial score (nSPS) is 15.8. The molecule has 0 amide bonds. The molecule has 0 atom stereocenters. The predicted molar refractivity (Wildman–Crippen MR) is 109 cm³/mol. The molecule has 0 spiro atoms. The van der Waals surface area contributed by atoms with Crippen LogP contribution in [-0.4, -0.2) is 36.4 Å². The highest BCUT2D eigenvalue weighted by Crippen LogP contribution is 2.30. The standard InChI is InChI=1S/C22H24N4/c1-25(2)22-15-20(18-11-6-7-12-19(18)23-22)24-21-13-8-14-26(21)16-17-9-4-3-5-10-17/h3-7,9-12,15H,8,13-14,16H2,1-2H3. The first kappa shape index (κ1) is 16.6. The van der Waals surface area contributed by atoms with Crippen LogP contribution in [0, 0.1) is 0 Å². The van der Waals surface area contributed by atoms with E-state index in [9.17, 15) is 0 Å². The summed E-state index contributed by atoms with van der Waals surface area (Å²) in [6.07, 6.45) is 2.19. The SMILES string of the molecule is CN(C)c1cc(N=C2CCCN2Cc2ccccc2)c2ccccc2n1. The number of fused-ring (bicyclic) bond motifs is 1. The Morgan fingerprint density at radius 2 is 1.81 bits per heavy atom. The smallest absolute Gasteiger partial charge is 0.130 e. The summed E-state index contributed by atoms with van der Waals surface area (Å²) in [7, 11) is 4.04. The van der Waals surface area contributed by atoms with E-state index in [1.165, 1.54) is 11.4 Å². The van der Waals surface area contributed by atoms with Crippen molar-refractivity contribution in [2.75, 3.05) is 25.5 Å². The zero-order chi connectivity index (χ0) is 17.9. The molecule has 26 heavy (non-hydrogen) atoms. The number of anilines is 1. The van der Waals surface area contributed by atoms with E-state index in [0.29, 0.717) is 0 Å². The number of amidine groups is 1. The lowest BCUT2D eigenvalue weighted by Gasteiger charge is -2.20. The fourth-order valence-electron chi connectivity index (χ4n) is 3.42. The van der Waals surface area contributed by atoms with Crippen molar-refractivity contribution in [3.05, 3.63) is 66.2 Å². The van der Waals surface area contributed by atoms with E-state index >= 15 is 0 Å². The number of para-hydroxylation sites is 1. The maximum absolute atomic E-state index is 5.08. The number of pyridine rings is 1. The first-order valence-corrected chi connectivity index (χ1v) is 9.14. The van der Waals surface area contributed by atoms with Crippen LogP contribution < -0.4 is 4.90 Å². The molecule has 0 bridgehead atoms. The molecule has 1 saturated heterocycles. The fraction of sp³-hybridized carbons (Fsp3) is 0.273. The van der Waals surface area contributed by atoms with Gasteiger partial charge in [0.1, 0.15) is 11.7 Å². The number of likely N-dealkylation sites (tertiary alicyclic amines) is 1. The minimum atomic E-state index is 0.920. The second-order valence-electron chi connectivity index (χ2n) is 6.95. The monoisotopic (exact) mass is 344 g/mol. The van der Waals surface area contributed by atoms with Gasteiger partial charge in [-0.05, 0) is 18.1 Å². The molecule has 3 aromatic rings. The van der Waals surface area contributed by atoms with E-state index in [4.69, 9.17) is 9.98 Å². The van der Waals surface area contributed by atoms with Crippen LogP contribution >= 0.6 is 0 Å². The Bertz CT molecular complexity index is 931. The van der Waals surface area contributed by atoms with Crippen molar-refractivity contribution >= 4 is 28.2 Å². The molecule has 132 valence electrons. The van der Waals surface area contributed by atoms with Gasteiger partial charge >= 0.3 is 0 Å². The molecule has 2 aromatic carbocycles. The van der Waals surface area contributed by atoms with Crippen molar-refractivity contribution in [2.45, 2.75) is 19.4 Å². The van der Waals surface area contributed by atoms with Gasteiger partial charge in [-0.2, -0.15) is 0 Å². The molecule has 1 aromatic heterocycles. The van der Waals surface area contributed by atoms with Crippen LogP contribution in [-0.2, 0) is 6.54 Å². The third kappa shape index (κ3) is 3.40. The summed E-state index contributed by atoms with van der Waals surface area (Å²) >= 11 is 0. The van der Waals surface area contributed by atoms with Crippen molar-refractivity contribution in [1.29, 1.82) is 0 Å². The Kier molecular flexibility index (Phi) is 4.57. The molecule has 0 aliphatic carbocycles. The van der Waals surface area contributed by atoms with E-state index in [2.05, 4.69) is 59.5 Å². The number of rotatable bonds is 4. The lowest BCUT2D eigenvalue weighted by atomic mass is 10.2. The number of aliphatic imine (C=N–C) groups is 1. The molecule has 1 aliphatic heterocycles. The van der Waals surface area contributed by atoms with Crippen molar-refractivity contribution in [3.8, 4) is 0 Å². The minimum absolute atomic E-state index is 0.920. The number of hydrogen-bond donors (Lipinski definition) is 0. The van der Waals surface area contributed by atoms with Gasteiger partial charge in [-0.15, -0.1) is 0 Å². The quantitative estimate of drug-likeness (QED) is 0.692. The van der Waals surface area contributed by atoms with Crippen molar-refractivity contribution in [3.63, 3.8) is 0 Å². The molecular formula is C22H24N4. The average Bonchev–Trinajstić information content (AvgIpc) is 3.09. The molecular weight excluding hydrogens is 320 g/mol. The molecule has 0 N–H and O–H groups in total. The first-order valence-electron chi connectivity index (χ1n) is 9.14. The molecule has 1 fully saturated rings. The predicted octanol–water partition coefficient (Wildman–Crippen LogP) is 4.63. The van der Waals surface area contributed by atoms with Gasteiger partial charge in [0.25, 0.3) is 0 Å². The lowest BCUT2D eigenvalue weighted by molar-refractivity contribution is 0.448. The van der Waals surface area contributed by atoms with Crippen LogP contribution in [0.25, 0.3) is 10.9 Å². The summed E-state index contributed by atoms with van der Waals surface area (Å²) in [5.41, 5.74) is 3.33. The highest BCUT2D eigenvalue weighted by atomic mass is 15.2. The second kappa shape index (κ2) is 7.16. The fourth-order valence-corrected chi connectivity index (χ4v) is 3.42. The second-order valence-corrected chi connectivity index (χ2v) is 6.95. The summed E-state index contributed by atoms with van der Waals surface area (Å²) < 4.78 is 0. The lowest BCUT2D eigenvalue weighted by Crippen LogP contribution is -2.24. The molecule has 0 radical (unpaired) electrons. The Morgan fingerprint density at radius 3 is 2.62 bits per heavy atom. The van der Waals surface area contributed by atoms with Crippen LogP contribution in [0.2, 0.25) is 0 Å². The number of benzene rings is 2. The van der Waals surface area contributed by atoms with Gasteiger partial charge in [-0.25, -0.2) is 9.98 Å². The zero-order valence-corrected chi connectivity index (χ0v) is 15.4. The summed E-state index contributed by atoms with van der Waals surface area (Å²) in [4.78, 5) is 14.3. The van der Waals surface area contributed by atoms with Gasteiger partial charge < -0.3 is 9.80 Å². The molecule has 4 nitrogen and oxygen atoms in total. The molecule has 4 rings (SSSR count). The molecule has 0 unspecified atom stereocenters. The van der Waals surface area contributed by atoms with Crippen LogP contribution in [0.4, 0.5) is 11.5 Å². The highest BCUT2D eigenvalue weighted by molar-refractivity contribution is 5.96. The Hall–Kier alpha value is -2.88. The van der Waals surface area contributed by atoms with Crippen LogP contribution in [0.3, 0.4) is 0 Å². The number of nitrogens with zero attached hydrogens (tertiary/aromatic N) is 4. The molecule has 0 saturated carbocycles. The van der Waals surface area contributed by atoms with E-state index < -0.39 is 0 Å². The van der Waals surface area contributed by atoms with Crippen molar-refractivity contribution < 1.29 is 0 Å². The zero-order valence-electron chi connectivity index (χ0n) is 15.4. The molecule has 4 heteroatoms. The number of hydrogen-bond acceptors (Lipinski definition) is 3. The Morgan fingerprint density at radius 1 is 1.04 bits per heavy atom. The van der Waals surface area contributed by atoms with Gasteiger partial charge in [0.05, 0.1) is 11.2 Å². The highest BCUT2D eigenvalue weighted by Gasteiger charge is 2.19. The summed E-state index contributed by atoms with van der Waals surface area (Å²) in [6, 6.07) is 21.0. The van der Waals surface area contributed by atoms with Gasteiger partial charge in [0.15, 0.2) is 0 Å². The van der Waals surface area contributed by atoms with Crippen molar-refractivity contribution in [2.24, 2.45) is 4.99 Å². The topological polar surface area (TPSA) is 31.7 Å². The van der Waals surface area contributed by atoms with E-state index in [0.717, 1.165) is 48.3 Å². The Labute approximate surface area is 154 Å². The van der Waals surface area contributed by atoms with Crippen molar-refractivity contribution in [1.82, 2.24) is 9.88 Å². The van der Waals surface area contributed by atoms with Gasteiger partial charge in [0.2, 0.25) is 0 Å². The molecule has 2 heterocycles. The summed E-state index contributed by atoms with van der Waals surface area (Å²) in [5, 5.41) is 1.11. The van der Waals surface area contributed by atoms with Gasteiger partial charge in [0, 0.05) is 45.1 Å².